The monoisotopic (exact) mass is 280 g/mol. The summed E-state index contributed by atoms with van der Waals surface area (Å²) in [5, 5.41) is 9.18. The number of nitrogens with zero attached hydrogens (tertiary/aromatic N) is 4. The quantitative estimate of drug-likeness (QED) is 0.866. The van der Waals surface area contributed by atoms with E-state index < -0.39 is 0 Å². The van der Waals surface area contributed by atoms with Gasteiger partial charge in [-0.25, -0.2) is 0 Å². The fraction of sp³-hybridized carbons (Fsp3) is 0.188. The molecule has 0 fully saturated rings. The lowest BCUT2D eigenvalue weighted by molar-refractivity contribution is 0.0822. The van der Waals surface area contributed by atoms with Crippen molar-refractivity contribution in [1.29, 1.82) is 5.26 Å². The van der Waals surface area contributed by atoms with Crippen molar-refractivity contribution in [3.05, 3.63) is 53.9 Å². The SMILES string of the molecule is CN(C)C(=O)c1cc(N(C)c2ccccc2C#N)ccn1. The molecule has 1 amide bonds. The van der Waals surface area contributed by atoms with Crippen molar-refractivity contribution in [2.24, 2.45) is 0 Å². The van der Waals surface area contributed by atoms with Crippen LogP contribution in [0.25, 0.3) is 0 Å². The Morgan fingerprint density at radius 2 is 1.90 bits per heavy atom. The van der Waals surface area contributed by atoms with Crippen LogP contribution in [0.3, 0.4) is 0 Å². The zero-order chi connectivity index (χ0) is 15.4. The minimum atomic E-state index is -0.154. The molecule has 1 aromatic carbocycles. The summed E-state index contributed by atoms with van der Waals surface area (Å²) in [4.78, 5) is 19.4. The van der Waals surface area contributed by atoms with Gasteiger partial charge in [-0.2, -0.15) is 5.26 Å². The summed E-state index contributed by atoms with van der Waals surface area (Å²) < 4.78 is 0. The first kappa shape index (κ1) is 14.5. The highest BCUT2D eigenvalue weighted by Crippen LogP contribution is 2.26. The second kappa shape index (κ2) is 6.06. The molecule has 0 unspecified atom stereocenters. The molecular formula is C16H16N4O. The van der Waals surface area contributed by atoms with Crippen LogP contribution >= 0.6 is 0 Å². The number of amides is 1. The fourth-order valence-corrected chi connectivity index (χ4v) is 1.97. The molecule has 0 spiro atoms. The molecule has 0 aliphatic rings. The molecule has 1 aromatic heterocycles. The summed E-state index contributed by atoms with van der Waals surface area (Å²) in [6.45, 7) is 0. The first-order valence-electron chi connectivity index (χ1n) is 6.45. The van der Waals surface area contributed by atoms with Crippen LogP contribution in [0.4, 0.5) is 11.4 Å². The third-order valence-corrected chi connectivity index (χ3v) is 3.14. The van der Waals surface area contributed by atoms with Crippen LogP contribution in [0.1, 0.15) is 16.1 Å². The van der Waals surface area contributed by atoms with Crippen molar-refractivity contribution >= 4 is 17.3 Å². The number of carbonyl (C=O) groups excluding carboxylic acids is 1. The largest absolute Gasteiger partial charge is 0.343 e. The molecule has 0 N–H and O–H groups in total. The number of nitriles is 1. The van der Waals surface area contributed by atoms with E-state index in [-0.39, 0.29) is 5.91 Å². The molecule has 0 saturated carbocycles. The van der Waals surface area contributed by atoms with Crippen LogP contribution in [-0.4, -0.2) is 36.9 Å². The predicted molar refractivity (Wildman–Crippen MR) is 81.5 cm³/mol. The Hall–Kier alpha value is -2.87. The second-order valence-electron chi connectivity index (χ2n) is 4.79. The molecule has 2 rings (SSSR count). The third kappa shape index (κ3) is 3.00. The van der Waals surface area contributed by atoms with Gasteiger partial charge in [0.1, 0.15) is 11.8 Å². The molecule has 0 aliphatic carbocycles. The molecule has 0 aliphatic heterocycles. The molecule has 106 valence electrons. The van der Waals surface area contributed by atoms with Crippen LogP contribution in [0, 0.1) is 11.3 Å². The average Bonchev–Trinajstić information content (AvgIpc) is 2.53. The maximum atomic E-state index is 12.0. The van der Waals surface area contributed by atoms with Gasteiger partial charge in [-0.1, -0.05) is 12.1 Å². The second-order valence-corrected chi connectivity index (χ2v) is 4.79. The van der Waals surface area contributed by atoms with Gasteiger partial charge < -0.3 is 9.80 Å². The summed E-state index contributed by atoms with van der Waals surface area (Å²) >= 11 is 0. The summed E-state index contributed by atoms with van der Waals surface area (Å²) in [6, 6.07) is 13.0. The van der Waals surface area contributed by atoms with E-state index in [0.29, 0.717) is 11.3 Å². The normalized spacial score (nSPS) is 9.81. The van der Waals surface area contributed by atoms with Gasteiger partial charge in [0.25, 0.3) is 5.91 Å². The summed E-state index contributed by atoms with van der Waals surface area (Å²) in [6.07, 6.45) is 1.59. The summed E-state index contributed by atoms with van der Waals surface area (Å²) in [7, 11) is 5.23. The number of pyridine rings is 1. The Morgan fingerprint density at radius 1 is 1.19 bits per heavy atom. The standard InChI is InChI=1S/C16H16N4O/c1-19(2)16(21)14-10-13(8-9-18-14)20(3)15-7-5-4-6-12(15)11-17/h4-10H,1-3H3. The van der Waals surface area contributed by atoms with Crippen molar-refractivity contribution in [3.63, 3.8) is 0 Å². The first-order chi connectivity index (χ1) is 10.0. The number of carbonyl (C=O) groups is 1. The zero-order valence-corrected chi connectivity index (χ0v) is 12.2. The van der Waals surface area contributed by atoms with Gasteiger partial charge in [0.15, 0.2) is 0 Å². The fourth-order valence-electron chi connectivity index (χ4n) is 1.97. The van der Waals surface area contributed by atoms with Crippen molar-refractivity contribution in [2.75, 3.05) is 26.0 Å². The lowest BCUT2D eigenvalue weighted by Gasteiger charge is -2.21. The van der Waals surface area contributed by atoms with Crippen molar-refractivity contribution < 1.29 is 4.79 Å². The topological polar surface area (TPSA) is 60.2 Å². The Morgan fingerprint density at radius 3 is 2.57 bits per heavy atom. The molecule has 21 heavy (non-hydrogen) atoms. The molecule has 5 nitrogen and oxygen atoms in total. The van der Waals surface area contributed by atoms with Gasteiger partial charge in [0.2, 0.25) is 0 Å². The molecule has 0 atom stereocenters. The highest BCUT2D eigenvalue weighted by atomic mass is 16.2. The molecule has 0 radical (unpaired) electrons. The maximum absolute atomic E-state index is 12.0. The number of aromatic nitrogens is 1. The van der Waals surface area contributed by atoms with E-state index >= 15 is 0 Å². The minimum Gasteiger partial charge on any atom is -0.343 e. The highest BCUT2D eigenvalue weighted by Gasteiger charge is 2.13. The number of para-hydroxylation sites is 1. The molecule has 1 heterocycles. The number of hydrogen-bond acceptors (Lipinski definition) is 4. The molecular weight excluding hydrogens is 264 g/mol. The lowest BCUT2D eigenvalue weighted by Crippen LogP contribution is -2.23. The maximum Gasteiger partial charge on any atom is 0.272 e. The smallest absolute Gasteiger partial charge is 0.272 e. The van der Waals surface area contributed by atoms with E-state index in [1.54, 1.807) is 38.5 Å². The van der Waals surface area contributed by atoms with Crippen LogP contribution in [0.2, 0.25) is 0 Å². The van der Waals surface area contributed by atoms with Crippen molar-refractivity contribution in [3.8, 4) is 6.07 Å². The average molecular weight is 280 g/mol. The van der Waals surface area contributed by atoms with Crippen LogP contribution in [-0.2, 0) is 0 Å². The molecule has 0 bridgehead atoms. The minimum absolute atomic E-state index is 0.154. The van der Waals surface area contributed by atoms with E-state index in [0.717, 1.165) is 11.4 Å². The number of hydrogen-bond donors (Lipinski definition) is 0. The Balaban J connectivity index is 2.41. The summed E-state index contributed by atoms with van der Waals surface area (Å²) in [5.41, 5.74) is 2.54. The van der Waals surface area contributed by atoms with Gasteiger partial charge >= 0.3 is 0 Å². The van der Waals surface area contributed by atoms with Gasteiger partial charge in [-0.3, -0.25) is 9.78 Å². The van der Waals surface area contributed by atoms with Crippen LogP contribution in [0.5, 0.6) is 0 Å². The zero-order valence-electron chi connectivity index (χ0n) is 12.2. The van der Waals surface area contributed by atoms with E-state index in [9.17, 15) is 10.1 Å². The lowest BCUT2D eigenvalue weighted by atomic mass is 10.1. The van der Waals surface area contributed by atoms with E-state index in [2.05, 4.69) is 11.1 Å². The van der Waals surface area contributed by atoms with Crippen LogP contribution < -0.4 is 4.90 Å². The number of rotatable bonds is 3. The van der Waals surface area contributed by atoms with Gasteiger partial charge in [-0.05, 0) is 24.3 Å². The number of anilines is 2. The van der Waals surface area contributed by atoms with Crippen molar-refractivity contribution in [2.45, 2.75) is 0 Å². The van der Waals surface area contributed by atoms with Gasteiger partial charge in [0, 0.05) is 33.0 Å². The highest BCUT2D eigenvalue weighted by molar-refractivity contribution is 5.93. The van der Waals surface area contributed by atoms with Crippen LogP contribution in [0.15, 0.2) is 42.6 Å². The predicted octanol–water partition coefficient (Wildman–Crippen LogP) is 2.42. The number of benzene rings is 1. The molecule has 0 saturated heterocycles. The Kier molecular flexibility index (Phi) is 4.19. The van der Waals surface area contributed by atoms with E-state index in [1.807, 2.05) is 30.1 Å². The molecule has 2 aromatic rings. The summed E-state index contributed by atoms with van der Waals surface area (Å²) in [5.74, 6) is -0.154. The van der Waals surface area contributed by atoms with Crippen molar-refractivity contribution in [1.82, 2.24) is 9.88 Å². The van der Waals surface area contributed by atoms with E-state index in [4.69, 9.17) is 0 Å². The Bertz CT molecular complexity index is 703. The molecule has 5 heteroatoms. The van der Waals surface area contributed by atoms with E-state index in [1.165, 1.54) is 4.90 Å². The third-order valence-electron chi connectivity index (χ3n) is 3.14. The van der Waals surface area contributed by atoms with Gasteiger partial charge in [0.05, 0.1) is 11.3 Å². The first-order valence-corrected chi connectivity index (χ1v) is 6.45. The van der Waals surface area contributed by atoms with Gasteiger partial charge in [-0.15, -0.1) is 0 Å². The Labute approximate surface area is 124 Å².